The van der Waals surface area contributed by atoms with Crippen molar-refractivity contribution >= 4 is 44.8 Å². The molecule has 0 radical (unpaired) electrons. The smallest absolute Gasteiger partial charge is 0.278 e. The molecule has 0 fully saturated rings. The molecular weight excluding hydrogens is 469 g/mol. The van der Waals surface area contributed by atoms with Crippen LogP contribution in [-0.2, 0) is 21.2 Å². The number of rotatable bonds is 9. The van der Waals surface area contributed by atoms with Gasteiger partial charge in [-0.05, 0) is 73.0 Å². The zero-order chi connectivity index (χ0) is 23.1. The number of hydrogen-bond donors (Lipinski definition) is 0. The number of unbranched alkanes of at least 4 members (excludes halogenated alkanes) is 1. The second-order valence-corrected chi connectivity index (χ2v) is 9.79. The van der Waals surface area contributed by atoms with Gasteiger partial charge in [0.2, 0.25) is 0 Å². The lowest BCUT2D eigenvalue weighted by Crippen LogP contribution is -2.40. The van der Waals surface area contributed by atoms with Gasteiger partial charge in [-0.25, -0.2) is 8.42 Å². The van der Waals surface area contributed by atoms with Gasteiger partial charge in [-0.2, -0.15) is 4.31 Å². The van der Waals surface area contributed by atoms with Crippen molar-refractivity contribution in [3.63, 3.8) is 0 Å². The van der Waals surface area contributed by atoms with Gasteiger partial charge in [-0.15, -0.1) is 0 Å². The van der Waals surface area contributed by atoms with E-state index in [9.17, 15) is 13.2 Å². The third kappa shape index (κ3) is 6.03. The standard InChI is InChI=1S/C24H23Cl2NO4S/c1-2-3-5-18-8-12-21(13-9-18)27(32(29,30)23-14-10-19(25)11-15-23)24(28)17-31-22-7-4-6-20(26)16-22/h4,6-16H,2-3,5,17H2,1H3. The molecule has 0 saturated heterocycles. The Bertz CT molecular complexity index is 1160. The molecule has 1 amide bonds. The van der Waals surface area contributed by atoms with Crippen LogP contribution in [0.3, 0.4) is 0 Å². The summed E-state index contributed by atoms with van der Waals surface area (Å²) in [6, 6.07) is 19.1. The molecule has 0 spiro atoms. The number of anilines is 1. The van der Waals surface area contributed by atoms with Crippen molar-refractivity contribution in [1.82, 2.24) is 0 Å². The number of benzene rings is 3. The molecule has 0 aliphatic rings. The van der Waals surface area contributed by atoms with E-state index < -0.39 is 22.5 Å². The van der Waals surface area contributed by atoms with Crippen LogP contribution in [0, 0.1) is 0 Å². The van der Waals surface area contributed by atoms with Crippen molar-refractivity contribution < 1.29 is 17.9 Å². The molecule has 3 aromatic carbocycles. The monoisotopic (exact) mass is 491 g/mol. The highest BCUT2D eigenvalue weighted by molar-refractivity contribution is 7.93. The van der Waals surface area contributed by atoms with E-state index in [-0.39, 0.29) is 10.6 Å². The van der Waals surface area contributed by atoms with Gasteiger partial charge in [0, 0.05) is 10.0 Å². The van der Waals surface area contributed by atoms with Crippen LogP contribution < -0.4 is 9.04 Å². The van der Waals surface area contributed by atoms with E-state index in [0.29, 0.717) is 15.8 Å². The van der Waals surface area contributed by atoms with Crippen molar-refractivity contribution in [3.05, 3.63) is 88.4 Å². The fourth-order valence-corrected chi connectivity index (χ4v) is 4.79. The normalized spacial score (nSPS) is 11.2. The maximum Gasteiger partial charge on any atom is 0.278 e. The Hall–Kier alpha value is -2.54. The molecule has 0 aliphatic carbocycles. The van der Waals surface area contributed by atoms with E-state index in [2.05, 4.69) is 6.92 Å². The number of nitrogens with zero attached hydrogens (tertiary/aromatic N) is 1. The van der Waals surface area contributed by atoms with E-state index in [1.807, 2.05) is 12.1 Å². The minimum atomic E-state index is -4.19. The minimum absolute atomic E-state index is 0.0481. The van der Waals surface area contributed by atoms with Crippen LogP contribution in [0.25, 0.3) is 0 Å². The van der Waals surface area contributed by atoms with Gasteiger partial charge in [0.05, 0.1) is 10.6 Å². The molecule has 0 atom stereocenters. The largest absolute Gasteiger partial charge is 0.484 e. The molecule has 0 bridgehead atoms. The fourth-order valence-electron chi connectivity index (χ4n) is 3.07. The molecular formula is C24H23Cl2NO4S. The molecule has 3 aromatic rings. The lowest BCUT2D eigenvalue weighted by atomic mass is 10.1. The van der Waals surface area contributed by atoms with Crippen LogP contribution in [-0.4, -0.2) is 20.9 Å². The zero-order valence-corrected chi connectivity index (χ0v) is 19.8. The highest BCUT2D eigenvalue weighted by Gasteiger charge is 2.31. The molecule has 8 heteroatoms. The number of carbonyl (C=O) groups is 1. The van der Waals surface area contributed by atoms with E-state index in [0.717, 1.165) is 29.1 Å². The van der Waals surface area contributed by atoms with Crippen LogP contribution in [0.4, 0.5) is 5.69 Å². The predicted octanol–water partition coefficient (Wildman–Crippen LogP) is 6.14. The lowest BCUT2D eigenvalue weighted by molar-refractivity contribution is -0.119. The number of hydrogen-bond acceptors (Lipinski definition) is 4. The summed E-state index contributed by atoms with van der Waals surface area (Å²) in [6.07, 6.45) is 2.96. The third-order valence-electron chi connectivity index (χ3n) is 4.73. The maximum absolute atomic E-state index is 13.4. The average Bonchev–Trinajstić information content (AvgIpc) is 2.77. The van der Waals surface area contributed by atoms with Crippen molar-refractivity contribution in [2.45, 2.75) is 31.1 Å². The van der Waals surface area contributed by atoms with Crippen LogP contribution in [0.2, 0.25) is 10.0 Å². The summed E-state index contributed by atoms with van der Waals surface area (Å²) in [7, 11) is -4.19. The molecule has 0 aromatic heterocycles. The first-order valence-corrected chi connectivity index (χ1v) is 12.3. The van der Waals surface area contributed by atoms with Crippen LogP contribution in [0.1, 0.15) is 25.3 Å². The number of halogens is 2. The first-order valence-electron chi connectivity index (χ1n) is 10.1. The number of ether oxygens (including phenoxy) is 1. The molecule has 0 unspecified atom stereocenters. The quantitative estimate of drug-likeness (QED) is 0.360. The Morgan fingerprint density at radius 3 is 2.25 bits per heavy atom. The Balaban J connectivity index is 1.93. The first-order chi connectivity index (χ1) is 15.3. The summed E-state index contributed by atoms with van der Waals surface area (Å²) in [5, 5.41) is 0.842. The molecule has 0 heterocycles. The Morgan fingerprint density at radius 2 is 1.62 bits per heavy atom. The van der Waals surface area contributed by atoms with Crippen molar-refractivity contribution in [2.75, 3.05) is 10.9 Å². The third-order valence-corrected chi connectivity index (χ3v) is 6.98. The lowest BCUT2D eigenvalue weighted by Gasteiger charge is -2.23. The van der Waals surface area contributed by atoms with Crippen molar-refractivity contribution in [1.29, 1.82) is 0 Å². The molecule has 0 aliphatic heterocycles. The van der Waals surface area contributed by atoms with E-state index in [1.165, 1.54) is 24.3 Å². The summed E-state index contributed by atoms with van der Waals surface area (Å²) in [4.78, 5) is 13.1. The SMILES string of the molecule is CCCCc1ccc(N(C(=O)COc2cccc(Cl)c2)S(=O)(=O)c2ccc(Cl)cc2)cc1. The summed E-state index contributed by atoms with van der Waals surface area (Å²) < 4.78 is 33.1. The molecule has 5 nitrogen and oxygen atoms in total. The first kappa shape index (κ1) is 24.1. The number of sulfonamides is 1. The minimum Gasteiger partial charge on any atom is -0.484 e. The molecule has 0 saturated carbocycles. The highest BCUT2D eigenvalue weighted by atomic mass is 35.5. The van der Waals surface area contributed by atoms with Gasteiger partial charge in [-0.3, -0.25) is 4.79 Å². The van der Waals surface area contributed by atoms with E-state index >= 15 is 0 Å². The van der Waals surface area contributed by atoms with Gasteiger partial charge in [0.1, 0.15) is 5.75 Å². The van der Waals surface area contributed by atoms with Crippen LogP contribution in [0.15, 0.2) is 77.7 Å². The number of carbonyl (C=O) groups excluding carboxylic acids is 1. The Labute approximate surface area is 198 Å². The number of aryl methyl sites for hydroxylation is 1. The molecule has 0 N–H and O–H groups in total. The Morgan fingerprint density at radius 1 is 0.938 bits per heavy atom. The molecule has 3 rings (SSSR count). The van der Waals surface area contributed by atoms with Gasteiger partial charge in [-0.1, -0.05) is 54.7 Å². The van der Waals surface area contributed by atoms with Crippen molar-refractivity contribution in [3.8, 4) is 5.75 Å². The second kappa shape index (κ2) is 10.9. The van der Waals surface area contributed by atoms with Crippen LogP contribution in [0.5, 0.6) is 5.75 Å². The summed E-state index contributed by atoms with van der Waals surface area (Å²) >= 11 is 11.9. The topological polar surface area (TPSA) is 63.7 Å². The summed E-state index contributed by atoms with van der Waals surface area (Å²) in [5.41, 5.74) is 1.31. The van der Waals surface area contributed by atoms with Crippen molar-refractivity contribution in [2.24, 2.45) is 0 Å². The van der Waals surface area contributed by atoms with Crippen LogP contribution >= 0.6 is 23.2 Å². The van der Waals surface area contributed by atoms with Gasteiger partial charge < -0.3 is 4.74 Å². The predicted molar refractivity (Wildman–Crippen MR) is 128 cm³/mol. The summed E-state index contributed by atoms with van der Waals surface area (Å²) in [5.74, 6) is -0.370. The van der Waals surface area contributed by atoms with Gasteiger partial charge in [0.25, 0.3) is 15.9 Å². The van der Waals surface area contributed by atoms with E-state index in [4.69, 9.17) is 27.9 Å². The summed E-state index contributed by atoms with van der Waals surface area (Å²) in [6.45, 7) is 1.62. The molecule has 168 valence electrons. The second-order valence-electron chi connectivity index (χ2n) is 7.13. The maximum atomic E-state index is 13.4. The van der Waals surface area contributed by atoms with E-state index in [1.54, 1.807) is 36.4 Å². The Kier molecular flexibility index (Phi) is 8.18. The van der Waals surface area contributed by atoms with Gasteiger partial charge in [0.15, 0.2) is 6.61 Å². The molecule has 32 heavy (non-hydrogen) atoms. The zero-order valence-electron chi connectivity index (χ0n) is 17.5. The number of amides is 1. The van der Waals surface area contributed by atoms with Gasteiger partial charge >= 0.3 is 0 Å². The fraction of sp³-hybridized carbons (Fsp3) is 0.208. The highest BCUT2D eigenvalue weighted by Crippen LogP contribution is 2.26. The average molecular weight is 492 g/mol.